The summed E-state index contributed by atoms with van der Waals surface area (Å²) >= 11 is 0. The Hall–Kier alpha value is -3.02. The van der Waals surface area contributed by atoms with E-state index in [0.29, 0.717) is 37.6 Å². The van der Waals surface area contributed by atoms with Crippen LogP contribution in [-0.4, -0.2) is 97.4 Å². The molecule has 4 heterocycles. The molecular formula is C25H36N8O3. The van der Waals surface area contributed by atoms with Crippen molar-refractivity contribution in [2.24, 2.45) is 5.10 Å². The van der Waals surface area contributed by atoms with Gasteiger partial charge < -0.3 is 24.4 Å². The maximum atomic E-state index is 5.94. The zero-order chi connectivity index (χ0) is 25.0. The van der Waals surface area contributed by atoms with Gasteiger partial charge in [0.2, 0.25) is 5.95 Å². The lowest BCUT2D eigenvalue weighted by molar-refractivity contribution is 0.0317. The highest BCUT2D eigenvalue weighted by Gasteiger charge is 2.37. The molecule has 1 aromatic rings. The summed E-state index contributed by atoms with van der Waals surface area (Å²) in [5.74, 6) is 1.03. The molecule has 5 rings (SSSR count). The molecule has 1 atom stereocenters. The van der Waals surface area contributed by atoms with Gasteiger partial charge in [-0.15, -0.1) is 0 Å². The summed E-state index contributed by atoms with van der Waals surface area (Å²) in [5.41, 5.74) is 7.88. The maximum Gasteiger partial charge on any atom is 0.321 e. The lowest BCUT2D eigenvalue weighted by Crippen LogP contribution is -2.39. The molecule has 2 saturated heterocycles. The van der Waals surface area contributed by atoms with Crippen molar-refractivity contribution in [2.45, 2.75) is 32.7 Å². The maximum absolute atomic E-state index is 5.94. The van der Waals surface area contributed by atoms with Crippen molar-refractivity contribution in [1.29, 1.82) is 0 Å². The third-order valence-electron chi connectivity index (χ3n) is 7.08. The van der Waals surface area contributed by atoms with Crippen molar-refractivity contribution in [3.63, 3.8) is 0 Å². The minimum absolute atomic E-state index is 0.0439. The van der Waals surface area contributed by atoms with Gasteiger partial charge in [-0.05, 0) is 44.4 Å². The zero-order valence-corrected chi connectivity index (χ0v) is 21.4. The van der Waals surface area contributed by atoms with Gasteiger partial charge in [0.25, 0.3) is 0 Å². The first-order valence-electron chi connectivity index (χ1n) is 12.7. The van der Waals surface area contributed by atoms with E-state index in [-0.39, 0.29) is 5.54 Å². The van der Waals surface area contributed by atoms with Crippen LogP contribution >= 0.6 is 0 Å². The molecule has 11 nitrogen and oxygen atoms in total. The minimum Gasteiger partial charge on any atom is -0.462 e. The Morgan fingerprint density at radius 3 is 2.64 bits per heavy atom. The van der Waals surface area contributed by atoms with Gasteiger partial charge in [-0.2, -0.15) is 20.1 Å². The number of fused-ring (bicyclic) bond motifs is 1. The van der Waals surface area contributed by atoms with E-state index in [1.54, 1.807) is 6.21 Å². The summed E-state index contributed by atoms with van der Waals surface area (Å²) in [6.45, 7) is 13.9. The third kappa shape index (κ3) is 5.69. The fourth-order valence-electron chi connectivity index (χ4n) is 4.87. The summed E-state index contributed by atoms with van der Waals surface area (Å²) < 4.78 is 16.8. The van der Waals surface area contributed by atoms with E-state index in [0.717, 1.165) is 58.1 Å². The predicted molar refractivity (Wildman–Crippen MR) is 137 cm³/mol. The molecule has 3 aliphatic heterocycles. The fourth-order valence-corrected chi connectivity index (χ4v) is 4.87. The predicted octanol–water partition coefficient (Wildman–Crippen LogP) is 1.21. The largest absolute Gasteiger partial charge is 0.462 e. The number of nitrogens with zero attached hydrogens (tertiary/aromatic N) is 6. The summed E-state index contributed by atoms with van der Waals surface area (Å²) in [7, 11) is 0. The quantitative estimate of drug-likeness (QED) is 0.403. The normalized spacial score (nSPS) is 24.9. The third-order valence-corrected chi connectivity index (χ3v) is 7.08. The molecule has 2 N–H and O–H groups in total. The number of morpholine rings is 2. The first kappa shape index (κ1) is 24.7. The van der Waals surface area contributed by atoms with Crippen LogP contribution in [-0.2, 0) is 9.47 Å². The molecule has 0 radical (unpaired) electrons. The minimum atomic E-state index is -0.0439. The van der Waals surface area contributed by atoms with Crippen LogP contribution in [0.25, 0.3) is 0 Å². The molecule has 0 saturated carbocycles. The SMILES string of the molecule is CC1=C(C)C2=CC(N/N=C/c3nc(OCCN4CCOCC4)nc(N4CCOCC4)n3)=CCC2(C)N1. The molecule has 1 aliphatic carbocycles. The van der Waals surface area contributed by atoms with Gasteiger partial charge in [0.1, 0.15) is 6.61 Å². The van der Waals surface area contributed by atoms with E-state index >= 15 is 0 Å². The molecule has 1 unspecified atom stereocenters. The number of hydrogen-bond acceptors (Lipinski definition) is 11. The standard InChI is InChI=1S/C25H36N8O3/c1-18-19(2)30-25(3)5-4-20(16-21(18)25)31-26-17-22-27-23(33-9-13-35-14-10-33)29-24(28-22)36-15-8-32-6-11-34-12-7-32/h4,16-17,30-31H,5-15H2,1-3H3/b26-17+. The molecule has 0 bridgehead atoms. The molecule has 2 fully saturated rings. The summed E-state index contributed by atoms with van der Waals surface area (Å²) in [5, 5.41) is 8.03. The van der Waals surface area contributed by atoms with Crippen molar-refractivity contribution >= 4 is 12.2 Å². The first-order valence-corrected chi connectivity index (χ1v) is 12.7. The molecule has 0 aromatic carbocycles. The fraction of sp³-hybridized carbons (Fsp3) is 0.600. The Labute approximate surface area is 212 Å². The number of nitrogens with one attached hydrogen (secondary N) is 2. The highest BCUT2D eigenvalue weighted by atomic mass is 16.5. The van der Waals surface area contributed by atoms with E-state index in [2.05, 4.69) is 73.5 Å². The summed E-state index contributed by atoms with van der Waals surface area (Å²) in [4.78, 5) is 18.1. The average molecular weight is 497 g/mol. The molecule has 194 valence electrons. The van der Waals surface area contributed by atoms with Crippen LogP contribution in [0.15, 0.2) is 39.8 Å². The van der Waals surface area contributed by atoms with E-state index in [1.165, 1.54) is 16.8 Å². The first-order chi connectivity index (χ1) is 17.5. The highest BCUT2D eigenvalue weighted by molar-refractivity contribution is 5.74. The van der Waals surface area contributed by atoms with Crippen LogP contribution in [0.5, 0.6) is 6.01 Å². The molecular weight excluding hydrogens is 460 g/mol. The Morgan fingerprint density at radius 2 is 1.86 bits per heavy atom. The lowest BCUT2D eigenvalue weighted by atomic mass is 9.83. The Balaban J connectivity index is 1.26. The number of hydrazone groups is 1. The van der Waals surface area contributed by atoms with Gasteiger partial charge in [-0.3, -0.25) is 10.3 Å². The lowest BCUT2D eigenvalue weighted by Gasteiger charge is -2.30. The number of aromatic nitrogens is 3. The number of anilines is 1. The number of allylic oxidation sites excluding steroid dienone is 2. The van der Waals surface area contributed by atoms with E-state index < -0.39 is 0 Å². The van der Waals surface area contributed by atoms with Gasteiger partial charge in [0.15, 0.2) is 5.82 Å². The van der Waals surface area contributed by atoms with Crippen molar-refractivity contribution in [2.75, 3.05) is 70.7 Å². The molecule has 11 heteroatoms. The molecule has 0 spiro atoms. The summed E-state index contributed by atoms with van der Waals surface area (Å²) in [6, 6.07) is 0.309. The average Bonchev–Trinajstić information content (AvgIpc) is 3.13. The second-order valence-corrected chi connectivity index (χ2v) is 9.68. The molecule has 0 amide bonds. The Morgan fingerprint density at radius 1 is 1.11 bits per heavy atom. The molecule has 4 aliphatic rings. The van der Waals surface area contributed by atoms with Crippen LogP contribution in [0, 0.1) is 0 Å². The second-order valence-electron chi connectivity index (χ2n) is 9.68. The highest BCUT2D eigenvalue weighted by Crippen LogP contribution is 2.38. The monoisotopic (exact) mass is 496 g/mol. The van der Waals surface area contributed by atoms with Gasteiger partial charge in [-0.1, -0.05) is 6.08 Å². The Kier molecular flexibility index (Phi) is 7.49. The van der Waals surface area contributed by atoms with Crippen molar-refractivity contribution in [3.05, 3.63) is 40.5 Å². The van der Waals surface area contributed by atoms with E-state index in [4.69, 9.17) is 14.2 Å². The van der Waals surface area contributed by atoms with Crippen molar-refractivity contribution < 1.29 is 14.2 Å². The van der Waals surface area contributed by atoms with Gasteiger partial charge in [0, 0.05) is 38.4 Å². The second kappa shape index (κ2) is 10.9. The molecule has 36 heavy (non-hydrogen) atoms. The van der Waals surface area contributed by atoms with Crippen LogP contribution in [0.2, 0.25) is 0 Å². The zero-order valence-electron chi connectivity index (χ0n) is 21.4. The van der Waals surface area contributed by atoms with E-state index in [9.17, 15) is 0 Å². The van der Waals surface area contributed by atoms with Crippen molar-refractivity contribution in [1.82, 2.24) is 30.6 Å². The molecule has 1 aromatic heterocycles. The van der Waals surface area contributed by atoms with Crippen molar-refractivity contribution in [3.8, 4) is 6.01 Å². The van der Waals surface area contributed by atoms with Gasteiger partial charge in [-0.25, -0.2) is 0 Å². The van der Waals surface area contributed by atoms with Crippen LogP contribution in [0.3, 0.4) is 0 Å². The Bertz CT molecular complexity index is 1070. The van der Waals surface area contributed by atoms with Gasteiger partial charge in [0.05, 0.1) is 43.9 Å². The number of hydrogen-bond donors (Lipinski definition) is 2. The van der Waals surface area contributed by atoms with Crippen LogP contribution in [0.1, 0.15) is 33.0 Å². The van der Waals surface area contributed by atoms with Crippen LogP contribution < -0.4 is 20.4 Å². The smallest absolute Gasteiger partial charge is 0.321 e. The van der Waals surface area contributed by atoms with Gasteiger partial charge >= 0.3 is 6.01 Å². The topological polar surface area (TPSA) is 109 Å². The summed E-state index contributed by atoms with van der Waals surface area (Å²) in [6.07, 6.45) is 6.83. The number of ether oxygens (including phenoxy) is 3. The van der Waals surface area contributed by atoms with E-state index in [1.807, 2.05) is 0 Å². The number of rotatable bonds is 8. The van der Waals surface area contributed by atoms with Crippen LogP contribution in [0.4, 0.5) is 5.95 Å².